The minimum absolute atomic E-state index is 0.109. The average Bonchev–Trinajstić information content (AvgIpc) is 2.88. The minimum Gasteiger partial charge on any atom is -0.371 e. The van der Waals surface area contributed by atoms with E-state index in [1.807, 2.05) is 0 Å². The van der Waals surface area contributed by atoms with Gasteiger partial charge in [-0.2, -0.15) is 4.31 Å². The molecule has 0 N–H and O–H groups in total. The molecule has 6 nitrogen and oxygen atoms in total. The molecule has 0 aliphatic carbocycles. The normalized spacial score (nSPS) is 19.9. The molecule has 124 valence electrons. The number of morpholine rings is 1. The van der Waals surface area contributed by atoms with E-state index in [9.17, 15) is 12.8 Å². The number of hydrogen-bond donors (Lipinski definition) is 0. The number of aromatic nitrogens is 1. The van der Waals surface area contributed by atoms with Crippen molar-refractivity contribution in [3.05, 3.63) is 47.1 Å². The van der Waals surface area contributed by atoms with Crippen LogP contribution in [0.2, 0.25) is 0 Å². The summed E-state index contributed by atoms with van der Waals surface area (Å²) in [4.78, 5) is 0.109. The lowest BCUT2D eigenvalue weighted by atomic mass is 10.1. The van der Waals surface area contributed by atoms with Crippen molar-refractivity contribution in [1.82, 2.24) is 9.46 Å². The van der Waals surface area contributed by atoms with Gasteiger partial charge < -0.3 is 9.26 Å². The van der Waals surface area contributed by atoms with E-state index >= 15 is 0 Å². The zero-order valence-corrected chi connectivity index (χ0v) is 13.6. The standard InChI is InChI=1S/C15H17FN2O4S/c1-10-15(11(2)22-17-10)23(19,20)18-7-8-21-14(9-18)12-3-5-13(16)6-4-12/h3-6,14H,7-9H2,1-2H3. The van der Waals surface area contributed by atoms with Crippen LogP contribution in [0, 0.1) is 19.7 Å². The molecule has 1 atom stereocenters. The number of hydrogen-bond acceptors (Lipinski definition) is 5. The number of aryl methyl sites for hydroxylation is 2. The molecule has 1 unspecified atom stereocenters. The minimum atomic E-state index is -3.71. The predicted molar refractivity (Wildman–Crippen MR) is 79.8 cm³/mol. The molecule has 1 aromatic carbocycles. The zero-order valence-electron chi connectivity index (χ0n) is 12.8. The summed E-state index contributed by atoms with van der Waals surface area (Å²) in [7, 11) is -3.71. The van der Waals surface area contributed by atoms with Crippen molar-refractivity contribution in [3.63, 3.8) is 0 Å². The molecule has 1 aromatic heterocycles. The summed E-state index contributed by atoms with van der Waals surface area (Å²) in [5.41, 5.74) is 1.08. The third-order valence-corrected chi connectivity index (χ3v) is 5.95. The van der Waals surface area contributed by atoms with E-state index in [-0.39, 0.29) is 36.2 Å². The molecular weight excluding hydrogens is 323 g/mol. The van der Waals surface area contributed by atoms with Crippen molar-refractivity contribution in [1.29, 1.82) is 0 Å². The maximum Gasteiger partial charge on any atom is 0.248 e. The van der Waals surface area contributed by atoms with Crippen molar-refractivity contribution >= 4 is 10.0 Å². The van der Waals surface area contributed by atoms with E-state index in [4.69, 9.17) is 9.26 Å². The van der Waals surface area contributed by atoms with Gasteiger partial charge in [0.1, 0.15) is 16.4 Å². The van der Waals surface area contributed by atoms with Gasteiger partial charge in [-0.05, 0) is 31.5 Å². The maximum absolute atomic E-state index is 13.0. The van der Waals surface area contributed by atoms with Crippen LogP contribution in [0.15, 0.2) is 33.7 Å². The van der Waals surface area contributed by atoms with Gasteiger partial charge in [0.05, 0.1) is 12.7 Å². The summed E-state index contributed by atoms with van der Waals surface area (Å²) >= 11 is 0. The fraction of sp³-hybridized carbons (Fsp3) is 0.400. The second kappa shape index (κ2) is 6.03. The SMILES string of the molecule is Cc1noc(C)c1S(=O)(=O)N1CCOC(c2ccc(F)cc2)C1. The van der Waals surface area contributed by atoms with Crippen molar-refractivity contribution in [2.24, 2.45) is 0 Å². The first-order valence-electron chi connectivity index (χ1n) is 7.19. The molecule has 1 aliphatic rings. The van der Waals surface area contributed by atoms with E-state index in [1.54, 1.807) is 26.0 Å². The fourth-order valence-corrected chi connectivity index (χ4v) is 4.41. The molecule has 1 aliphatic heterocycles. The fourth-order valence-electron chi connectivity index (χ4n) is 2.70. The molecular formula is C15H17FN2O4S. The van der Waals surface area contributed by atoms with Gasteiger partial charge in [0.2, 0.25) is 10.0 Å². The molecule has 0 spiro atoms. The highest BCUT2D eigenvalue weighted by Crippen LogP contribution is 2.29. The van der Waals surface area contributed by atoms with Crippen molar-refractivity contribution in [2.45, 2.75) is 24.8 Å². The van der Waals surface area contributed by atoms with Crippen LogP contribution >= 0.6 is 0 Å². The van der Waals surface area contributed by atoms with Crippen molar-refractivity contribution < 1.29 is 22.1 Å². The molecule has 23 heavy (non-hydrogen) atoms. The Kier molecular flexibility index (Phi) is 4.22. The van der Waals surface area contributed by atoms with E-state index in [0.29, 0.717) is 5.69 Å². The van der Waals surface area contributed by atoms with Gasteiger partial charge in [-0.15, -0.1) is 0 Å². The Morgan fingerprint density at radius 2 is 1.96 bits per heavy atom. The Hall–Kier alpha value is -1.77. The van der Waals surface area contributed by atoms with Crippen LogP contribution in [0.25, 0.3) is 0 Å². The number of nitrogens with zero attached hydrogens (tertiary/aromatic N) is 2. The highest BCUT2D eigenvalue weighted by atomic mass is 32.2. The lowest BCUT2D eigenvalue weighted by molar-refractivity contribution is -0.00261. The first-order chi connectivity index (χ1) is 10.9. The topological polar surface area (TPSA) is 72.6 Å². The van der Waals surface area contributed by atoms with Crippen LogP contribution in [0.3, 0.4) is 0 Å². The Balaban J connectivity index is 1.87. The summed E-state index contributed by atoms with van der Waals surface area (Å²) in [6.45, 7) is 3.86. The Bertz CT molecular complexity index is 782. The Morgan fingerprint density at radius 3 is 2.57 bits per heavy atom. The Morgan fingerprint density at radius 1 is 1.26 bits per heavy atom. The molecule has 2 aromatic rings. The van der Waals surface area contributed by atoms with E-state index in [1.165, 1.54) is 16.4 Å². The van der Waals surface area contributed by atoms with E-state index < -0.39 is 16.1 Å². The summed E-state index contributed by atoms with van der Waals surface area (Å²) < 4.78 is 50.7. The highest BCUT2D eigenvalue weighted by molar-refractivity contribution is 7.89. The van der Waals surface area contributed by atoms with Crippen molar-refractivity contribution in [3.8, 4) is 0 Å². The number of rotatable bonds is 3. The molecule has 1 saturated heterocycles. The quantitative estimate of drug-likeness (QED) is 0.856. The third-order valence-electron chi connectivity index (χ3n) is 3.84. The zero-order chi connectivity index (χ0) is 16.6. The number of ether oxygens (including phenoxy) is 1. The van der Waals surface area contributed by atoms with Crippen LogP contribution in [-0.2, 0) is 14.8 Å². The third kappa shape index (κ3) is 3.01. The lowest BCUT2D eigenvalue weighted by Gasteiger charge is -2.32. The maximum atomic E-state index is 13.0. The first-order valence-corrected chi connectivity index (χ1v) is 8.63. The second-order valence-electron chi connectivity index (χ2n) is 5.43. The monoisotopic (exact) mass is 340 g/mol. The van der Waals surface area contributed by atoms with Crippen LogP contribution in [-0.4, -0.2) is 37.6 Å². The number of halogens is 1. The molecule has 0 radical (unpaired) electrons. The smallest absolute Gasteiger partial charge is 0.248 e. The molecule has 2 heterocycles. The largest absolute Gasteiger partial charge is 0.371 e. The number of benzene rings is 1. The van der Waals surface area contributed by atoms with Gasteiger partial charge in [-0.3, -0.25) is 0 Å². The van der Waals surface area contributed by atoms with Crippen molar-refractivity contribution in [2.75, 3.05) is 19.7 Å². The van der Waals surface area contributed by atoms with Crippen LogP contribution in [0.5, 0.6) is 0 Å². The van der Waals surface area contributed by atoms with Crippen LogP contribution in [0.4, 0.5) is 4.39 Å². The summed E-state index contributed by atoms with van der Waals surface area (Å²) in [5, 5.41) is 3.71. The summed E-state index contributed by atoms with van der Waals surface area (Å²) in [6.07, 6.45) is -0.431. The van der Waals surface area contributed by atoms with Gasteiger partial charge in [0, 0.05) is 13.1 Å². The van der Waals surface area contributed by atoms with Gasteiger partial charge in [0.15, 0.2) is 5.76 Å². The molecule has 3 rings (SSSR count). The van der Waals surface area contributed by atoms with Crippen LogP contribution in [0.1, 0.15) is 23.1 Å². The van der Waals surface area contributed by atoms with Crippen LogP contribution < -0.4 is 0 Å². The molecule has 8 heteroatoms. The summed E-state index contributed by atoms with van der Waals surface area (Å²) in [6, 6.07) is 5.87. The second-order valence-corrected chi connectivity index (χ2v) is 7.30. The first kappa shape index (κ1) is 16.1. The molecule has 0 bridgehead atoms. The van der Waals surface area contributed by atoms with Gasteiger partial charge >= 0.3 is 0 Å². The van der Waals surface area contributed by atoms with Gasteiger partial charge in [-0.25, -0.2) is 12.8 Å². The van der Waals surface area contributed by atoms with Gasteiger partial charge in [0.25, 0.3) is 0 Å². The highest BCUT2D eigenvalue weighted by Gasteiger charge is 2.35. The average molecular weight is 340 g/mol. The summed E-state index contributed by atoms with van der Waals surface area (Å²) in [5.74, 6) is -0.0721. The molecule has 0 saturated carbocycles. The van der Waals surface area contributed by atoms with E-state index in [2.05, 4.69) is 5.16 Å². The van der Waals surface area contributed by atoms with Gasteiger partial charge in [-0.1, -0.05) is 17.3 Å². The Labute approximate surface area is 133 Å². The van der Waals surface area contributed by atoms with E-state index in [0.717, 1.165) is 5.56 Å². The molecule has 1 fully saturated rings. The number of sulfonamides is 1. The lowest BCUT2D eigenvalue weighted by Crippen LogP contribution is -2.42. The molecule has 0 amide bonds. The predicted octanol–water partition coefficient (Wildman–Crippen LogP) is 2.19.